The topological polar surface area (TPSA) is 88.2 Å². The number of hydrogen-bond donors (Lipinski definition) is 2. The van der Waals surface area contributed by atoms with Gasteiger partial charge in [0.1, 0.15) is 0 Å². The molecule has 1 heterocycles. The van der Waals surface area contributed by atoms with Crippen LogP contribution in [0, 0.1) is 0 Å². The van der Waals surface area contributed by atoms with Crippen molar-refractivity contribution in [2.24, 2.45) is 0 Å². The molecule has 0 fully saturated rings. The van der Waals surface area contributed by atoms with Crippen molar-refractivity contribution in [2.45, 2.75) is 4.90 Å². The highest BCUT2D eigenvalue weighted by Gasteiger charge is 2.19. The van der Waals surface area contributed by atoms with E-state index in [1.54, 1.807) is 18.2 Å². The number of amides is 1. The Balaban J connectivity index is 1.36. The first kappa shape index (κ1) is 23.0. The maximum Gasteiger partial charge on any atom is 0.261 e. The summed E-state index contributed by atoms with van der Waals surface area (Å²) in [6.45, 7) is 0. The van der Waals surface area contributed by atoms with Crippen molar-refractivity contribution in [3.8, 4) is 11.3 Å². The third-order valence-corrected chi connectivity index (χ3v) is 7.70. The molecule has 4 aromatic carbocycles. The highest BCUT2D eigenvalue weighted by atomic mass is 35.5. The Morgan fingerprint density at radius 2 is 1.57 bits per heavy atom. The molecule has 0 spiro atoms. The van der Waals surface area contributed by atoms with Crippen LogP contribution in [0.25, 0.3) is 22.0 Å². The number of carbonyl (C=O) groups excluding carboxylic acids is 1. The summed E-state index contributed by atoms with van der Waals surface area (Å²) in [5, 5.41) is 7.72. The molecule has 1 aromatic heterocycles. The first-order valence-electron chi connectivity index (χ1n) is 10.5. The van der Waals surface area contributed by atoms with E-state index in [1.165, 1.54) is 41.7 Å². The number of sulfonamides is 1. The molecular formula is C26H18ClN3O3S2. The fourth-order valence-corrected chi connectivity index (χ4v) is 5.48. The van der Waals surface area contributed by atoms with Crippen LogP contribution in [-0.2, 0) is 10.0 Å². The van der Waals surface area contributed by atoms with Crippen LogP contribution in [0.2, 0.25) is 5.02 Å². The van der Waals surface area contributed by atoms with Crippen molar-refractivity contribution < 1.29 is 13.2 Å². The number of aromatic nitrogens is 1. The maximum absolute atomic E-state index is 13.0. The van der Waals surface area contributed by atoms with Gasteiger partial charge in [-0.25, -0.2) is 13.4 Å². The van der Waals surface area contributed by atoms with Gasteiger partial charge in [0.25, 0.3) is 15.9 Å². The molecule has 0 atom stereocenters. The number of nitrogens with one attached hydrogen (secondary N) is 2. The first-order valence-corrected chi connectivity index (χ1v) is 13.3. The van der Waals surface area contributed by atoms with Crippen molar-refractivity contribution in [1.29, 1.82) is 0 Å². The van der Waals surface area contributed by atoms with Crippen LogP contribution >= 0.6 is 22.9 Å². The zero-order valence-corrected chi connectivity index (χ0v) is 20.5. The van der Waals surface area contributed by atoms with Crippen molar-refractivity contribution in [3.05, 3.63) is 107 Å². The largest absolute Gasteiger partial charge is 0.298 e. The number of carbonyl (C=O) groups is 1. The SMILES string of the molecule is O=C(Nc1nc(-c2ccc3ccccc3c2)cs1)c1ccccc1NS(=O)(=O)c1ccc(Cl)cc1. The van der Waals surface area contributed by atoms with E-state index in [-0.39, 0.29) is 16.1 Å². The van der Waals surface area contributed by atoms with E-state index in [9.17, 15) is 13.2 Å². The molecule has 5 aromatic rings. The highest BCUT2D eigenvalue weighted by Crippen LogP contribution is 2.29. The lowest BCUT2D eigenvalue weighted by Crippen LogP contribution is -2.18. The van der Waals surface area contributed by atoms with Gasteiger partial charge in [-0.3, -0.25) is 14.8 Å². The van der Waals surface area contributed by atoms with E-state index in [0.29, 0.717) is 10.2 Å². The van der Waals surface area contributed by atoms with Crippen LogP contribution in [0.15, 0.2) is 101 Å². The summed E-state index contributed by atoms with van der Waals surface area (Å²) >= 11 is 7.15. The molecule has 0 aliphatic rings. The molecule has 0 saturated heterocycles. The van der Waals surface area contributed by atoms with Gasteiger partial charge in [-0.15, -0.1) is 11.3 Å². The summed E-state index contributed by atoms with van der Waals surface area (Å²) in [6, 6.07) is 26.3. The van der Waals surface area contributed by atoms with E-state index in [1.807, 2.05) is 41.8 Å². The number of anilines is 2. The second-order valence-electron chi connectivity index (χ2n) is 7.66. The molecule has 5 rings (SSSR count). The van der Waals surface area contributed by atoms with Crippen molar-refractivity contribution in [3.63, 3.8) is 0 Å². The number of rotatable bonds is 6. The minimum atomic E-state index is -3.91. The maximum atomic E-state index is 13.0. The second-order valence-corrected chi connectivity index (χ2v) is 10.6. The average Bonchev–Trinajstić information content (AvgIpc) is 3.32. The van der Waals surface area contributed by atoms with Crippen molar-refractivity contribution in [1.82, 2.24) is 4.98 Å². The van der Waals surface area contributed by atoms with Crippen molar-refractivity contribution in [2.75, 3.05) is 10.0 Å². The van der Waals surface area contributed by atoms with Crippen LogP contribution in [0.4, 0.5) is 10.8 Å². The molecule has 0 aliphatic carbocycles. The lowest BCUT2D eigenvalue weighted by Gasteiger charge is -2.12. The Morgan fingerprint density at radius 3 is 2.37 bits per heavy atom. The van der Waals surface area contributed by atoms with Gasteiger partial charge in [0.05, 0.1) is 21.8 Å². The summed E-state index contributed by atoms with van der Waals surface area (Å²) in [4.78, 5) is 17.6. The summed E-state index contributed by atoms with van der Waals surface area (Å²) in [5.74, 6) is -0.473. The van der Waals surface area contributed by atoms with Crippen molar-refractivity contribution >= 4 is 60.5 Å². The van der Waals surface area contributed by atoms with Crippen LogP contribution in [-0.4, -0.2) is 19.3 Å². The van der Waals surface area contributed by atoms with Gasteiger partial charge < -0.3 is 0 Å². The summed E-state index contributed by atoms with van der Waals surface area (Å²) < 4.78 is 28.1. The second kappa shape index (κ2) is 9.50. The highest BCUT2D eigenvalue weighted by molar-refractivity contribution is 7.92. The lowest BCUT2D eigenvalue weighted by molar-refractivity contribution is 0.102. The van der Waals surface area contributed by atoms with E-state index in [0.717, 1.165) is 22.0 Å². The Kier molecular flexibility index (Phi) is 6.25. The van der Waals surface area contributed by atoms with Gasteiger partial charge in [0.15, 0.2) is 5.13 Å². The molecule has 6 nitrogen and oxygen atoms in total. The fourth-order valence-electron chi connectivity index (χ4n) is 3.56. The standard InChI is InChI=1S/C26H18ClN3O3S2/c27-20-11-13-21(14-12-20)35(32,33)30-23-8-4-3-7-22(23)25(31)29-26-28-24(16-34-26)19-10-9-17-5-1-2-6-18(17)15-19/h1-16,30H,(H,28,29,31). The molecule has 1 amide bonds. The number of hydrogen-bond acceptors (Lipinski definition) is 5. The molecule has 174 valence electrons. The molecule has 0 radical (unpaired) electrons. The number of halogens is 1. The summed E-state index contributed by atoms with van der Waals surface area (Å²) in [5.41, 5.74) is 2.02. The number of fused-ring (bicyclic) bond motifs is 1. The zero-order valence-electron chi connectivity index (χ0n) is 18.1. The summed E-state index contributed by atoms with van der Waals surface area (Å²) in [7, 11) is -3.91. The Morgan fingerprint density at radius 1 is 0.857 bits per heavy atom. The van der Waals surface area contributed by atoms with Crippen LogP contribution in [0.3, 0.4) is 0 Å². The molecule has 0 bridgehead atoms. The average molecular weight is 520 g/mol. The first-order chi connectivity index (χ1) is 16.9. The molecule has 35 heavy (non-hydrogen) atoms. The van der Waals surface area contributed by atoms with E-state index in [4.69, 9.17) is 11.6 Å². The molecule has 0 unspecified atom stereocenters. The van der Waals surface area contributed by atoms with E-state index >= 15 is 0 Å². The van der Waals surface area contributed by atoms with Gasteiger partial charge in [0.2, 0.25) is 0 Å². The Bertz CT molecular complexity index is 1650. The van der Waals surface area contributed by atoms with E-state index < -0.39 is 15.9 Å². The monoisotopic (exact) mass is 519 g/mol. The molecule has 0 aliphatic heterocycles. The Hall–Kier alpha value is -3.72. The minimum Gasteiger partial charge on any atom is -0.298 e. The minimum absolute atomic E-state index is 0.0389. The van der Waals surface area contributed by atoms with Gasteiger partial charge in [-0.1, -0.05) is 60.1 Å². The number of para-hydroxylation sites is 1. The smallest absolute Gasteiger partial charge is 0.261 e. The normalized spacial score (nSPS) is 11.3. The van der Waals surface area contributed by atoms with Gasteiger partial charge in [0, 0.05) is 16.0 Å². The third kappa shape index (κ3) is 5.05. The third-order valence-electron chi connectivity index (χ3n) is 5.31. The van der Waals surface area contributed by atoms with Crippen LogP contribution in [0.5, 0.6) is 0 Å². The molecule has 9 heteroatoms. The van der Waals surface area contributed by atoms with Gasteiger partial charge in [-0.2, -0.15) is 0 Å². The number of benzene rings is 4. The van der Waals surface area contributed by atoms with Gasteiger partial charge >= 0.3 is 0 Å². The Labute approximate surface area is 211 Å². The zero-order chi connectivity index (χ0) is 24.4. The molecule has 0 saturated carbocycles. The lowest BCUT2D eigenvalue weighted by atomic mass is 10.1. The van der Waals surface area contributed by atoms with E-state index in [2.05, 4.69) is 21.1 Å². The molecule has 2 N–H and O–H groups in total. The summed E-state index contributed by atoms with van der Waals surface area (Å²) in [6.07, 6.45) is 0. The quantitative estimate of drug-likeness (QED) is 0.262. The fraction of sp³-hybridized carbons (Fsp3) is 0. The predicted molar refractivity (Wildman–Crippen MR) is 142 cm³/mol. The van der Waals surface area contributed by atoms with Gasteiger partial charge in [-0.05, 0) is 53.2 Å². The van der Waals surface area contributed by atoms with Crippen LogP contribution < -0.4 is 10.0 Å². The molecular weight excluding hydrogens is 502 g/mol. The predicted octanol–water partition coefficient (Wildman–Crippen LogP) is 6.67. The number of nitrogens with zero attached hydrogens (tertiary/aromatic N) is 1. The number of thiazole rings is 1. The van der Waals surface area contributed by atoms with Crippen LogP contribution in [0.1, 0.15) is 10.4 Å².